The maximum Gasteiger partial charge on any atom is 0.324 e. The summed E-state index contributed by atoms with van der Waals surface area (Å²) in [7, 11) is 0. The molecule has 0 saturated heterocycles. The molecule has 0 aliphatic carbocycles. The molecule has 0 atom stereocenters. The van der Waals surface area contributed by atoms with Crippen LogP contribution in [0.3, 0.4) is 0 Å². The number of aryl methyl sites for hydroxylation is 1. The van der Waals surface area contributed by atoms with Crippen LogP contribution in [-0.2, 0) is 6.42 Å². The van der Waals surface area contributed by atoms with Gasteiger partial charge in [0, 0.05) is 12.5 Å². The van der Waals surface area contributed by atoms with Gasteiger partial charge < -0.3 is 0 Å². The average molecular weight is 261 g/mol. The van der Waals surface area contributed by atoms with Crippen LogP contribution in [0, 0.1) is 17.0 Å². The lowest BCUT2D eigenvalue weighted by atomic mass is 10.1. The van der Waals surface area contributed by atoms with Crippen LogP contribution >= 0.6 is 11.3 Å². The van der Waals surface area contributed by atoms with Crippen molar-refractivity contribution in [2.24, 2.45) is 0 Å². The summed E-state index contributed by atoms with van der Waals surface area (Å²) >= 11 is 0.923. The van der Waals surface area contributed by atoms with Crippen molar-refractivity contribution in [2.45, 2.75) is 13.3 Å². The van der Waals surface area contributed by atoms with Crippen molar-refractivity contribution < 1.29 is 9.72 Å². The minimum Gasteiger partial charge on any atom is -0.293 e. The number of hydrogen-bond donors (Lipinski definition) is 0. The average Bonchev–Trinajstić information content (AvgIpc) is 2.81. The molecule has 18 heavy (non-hydrogen) atoms. The van der Waals surface area contributed by atoms with Gasteiger partial charge in [-0.3, -0.25) is 14.9 Å². The fourth-order valence-electron chi connectivity index (χ4n) is 1.55. The van der Waals surface area contributed by atoms with Gasteiger partial charge in [0.15, 0.2) is 5.78 Å². The first-order chi connectivity index (χ1) is 8.56. The molecule has 0 saturated carbocycles. The van der Waals surface area contributed by atoms with Crippen molar-refractivity contribution in [3.63, 3.8) is 0 Å². The van der Waals surface area contributed by atoms with E-state index in [9.17, 15) is 14.9 Å². The van der Waals surface area contributed by atoms with E-state index < -0.39 is 4.92 Å². The Morgan fingerprint density at radius 3 is 2.44 bits per heavy atom. The molecule has 1 heterocycles. The summed E-state index contributed by atoms with van der Waals surface area (Å²) in [6.45, 7) is 1.98. The summed E-state index contributed by atoms with van der Waals surface area (Å²) in [5, 5.41) is 10.5. The third kappa shape index (κ3) is 2.81. The fourth-order valence-corrected chi connectivity index (χ4v) is 2.31. The molecule has 0 unspecified atom stereocenters. The molecule has 4 nitrogen and oxygen atoms in total. The highest BCUT2D eigenvalue weighted by molar-refractivity contribution is 7.17. The number of benzene rings is 1. The Morgan fingerprint density at radius 1 is 1.22 bits per heavy atom. The molecule has 0 aliphatic heterocycles. The third-order valence-electron chi connectivity index (χ3n) is 2.53. The summed E-state index contributed by atoms with van der Waals surface area (Å²) in [6.07, 6.45) is 0.276. The van der Waals surface area contributed by atoms with Crippen LogP contribution in [0.2, 0.25) is 0 Å². The summed E-state index contributed by atoms with van der Waals surface area (Å²) < 4.78 is 0. The Balaban J connectivity index is 2.11. The highest BCUT2D eigenvalue weighted by Gasteiger charge is 2.15. The van der Waals surface area contributed by atoms with E-state index in [4.69, 9.17) is 0 Å². The first-order valence-corrected chi connectivity index (χ1v) is 6.21. The van der Waals surface area contributed by atoms with Crippen LogP contribution in [0.15, 0.2) is 36.4 Å². The number of Topliss-reactive ketones (excluding diaryl/α,β-unsaturated/α-hetero) is 1. The Bertz CT molecular complexity index is 587. The van der Waals surface area contributed by atoms with Crippen LogP contribution in [-0.4, -0.2) is 10.7 Å². The molecule has 2 aromatic rings. The lowest BCUT2D eigenvalue weighted by Gasteiger charge is -1.99. The third-order valence-corrected chi connectivity index (χ3v) is 3.61. The summed E-state index contributed by atoms with van der Waals surface area (Å²) in [5.74, 6) is -0.0862. The van der Waals surface area contributed by atoms with E-state index in [2.05, 4.69) is 0 Å². The molecule has 0 amide bonds. The largest absolute Gasteiger partial charge is 0.324 e. The van der Waals surface area contributed by atoms with E-state index in [0.717, 1.165) is 22.5 Å². The second-order valence-electron chi connectivity index (χ2n) is 3.98. The lowest BCUT2D eigenvalue weighted by Crippen LogP contribution is -2.00. The fraction of sp³-hybridized carbons (Fsp3) is 0.154. The Hall–Kier alpha value is -2.01. The van der Waals surface area contributed by atoms with Gasteiger partial charge in [-0.1, -0.05) is 41.2 Å². The Kier molecular flexibility index (Phi) is 3.53. The lowest BCUT2D eigenvalue weighted by molar-refractivity contribution is -0.380. The Morgan fingerprint density at radius 2 is 1.89 bits per heavy atom. The number of ketones is 1. The predicted octanol–water partition coefficient (Wildman–Crippen LogP) is 3.39. The minimum atomic E-state index is -0.479. The standard InChI is InChI=1S/C13H11NO3S/c1-9-2-4-10(5-3-9)8-11(15)12-6-7-13(18-12)14(16)17/h2-7H,8H2,1H3. The van der Waals surface area contributed by atoms with E-state index in [1.165, 1.54) is 12.1 Å². The number of carbonyl (C=O) groups is 1. The molecule has 0 radical (unpaired) electrons. The summed E-state index contributed by atoms with van der Waals surface area (Å²) in [4.78, 5) is 22.4. The van der Waals surface area contributed by atoms with Gasteiger partial charge in [0.2, 0.25) is 0 Å². The SMILES string of the molecule is Cc1ccc(CC(=O)c2ccc([N+](=O)[O-])s2)cc1. The van der Waals surface area contributed by atoms with Crippen LogP contribution in [0.1, 0.15) is 20.8 Å². The molecular weight excluding hydrogens is 250 g/mol. The monoisotopic (exact) mass is 261 g/mol. The maximum absolute atomic E-state index is 11.9. The number of carbonyl (C=O) groups excluding carboxylic acids is 1. The maximum atomic E-state index is 11.9. The van der Waals surface area contributed by atoms with E-state index in [0.29, 0.717) is 4.88 Å². The Labute approximate surface area is 108 Å². The van der Waals surface area contributed by atoms with Crippen molar-refractivity contribution in [2.75, 3.05) is 0 Å². The molecule has 5 heteroatoms. The molecule has 0 spiro atoms. The first-order valence-electron chi connectivity index (χ1n) is 5.39. The molecule has 0 aliphatic rings. The molecule has 2 rings (SSSR count). The smallest absolute Gasteiger partial charge is 0.293 e. The zero-order chi connectivity index (χ0) is 13.1. The molecular formula is C13H11NO3S. The van der Waals surface area contributed by atoms with E-state index >= 15 is 0 Å². The van der Waals surface area contributed by atoms with Gasteiger partial charge in [-0.15, -0.1) is 0 Å². The number of nitrogens with zero attached hydrogens (tertiary/aromatic N) is 1. The van der Waals surface area contributed by atoms with Crippen molar-refractivity contribution in [1.82, 2.24) is 0 Å². The topological polar surface area (TPSA) is 60.2 Å². The highest BCUT2D eigenvalue weighted by Crippen LogP contribution is 2.25. The second kappa shape index (κ2) is 5.10. The number of nitro groups is 1. The van der Waals surface area contributed by atoms with Crippen molar-refractivity contribution in [1.29, 1.82) is 0 Å². The minimum absolute atomic E-state index is 0.00209. The van der Waals surface area contributed by atoms with Gasteiger partial charge in [-0.2, -0.15) is 0 Å². The number of hydrogen-bond acceptors (Lipinski definition) is 4. The van der Waals surface area contributed by atoms with E-state index in [1.807, 2.05) is 31.2 Å². The van der Waals surface area contributed by atoms with Gasteiger partial charge in [-0.05, 0) is 18.6 Å². The van der Waals surface area contributed by atoms with Crippen LogP contribution in [0.4, 0.5) is 5.00 Å². The first kappa shape index (κ1) is 12.4. The van der Waals surface area contributed by atoms with Gasteiger partial charge in [0.05, 0.1) is 9.80 Å². The van der Waals surface area contributed by atoms with Gasteiger partial charge >= 0.3 is 5.00 Å². The zero-order valence-corrected chi connectivity index (χ0v) is 10.6. The second-order valence-corrected chi connectivity index (χ2v) is 5.04. The summed E-state index contributed by atoms with van der Waals surface area (Å²) in [6, 6.07) is 10.6. The van der Waals surface area contributed by atoms with Gasteiger partial charge in [0.25, 0.3) is 0 Å². The van der Waals surface area contributed by atoms with Crippen LogP contribution in [0.25, 0.3) is 0 Å². The van der Waals surface area contributed by atoms with Gasteiger partial charge in [-0.25, -0.2) is 0 Å². The van der Waals surface area contributed by atoms with E-state index in [-0.39, 0.29) is 17.2 Å². The molecule has 1 aromatic heterocycles. The van der Waals surface area contributed by atoms with Crippen molar-refractivity contribution >= 4 is 22.1 Å². The molecule has 0 fully saturated rings. The molecule has 1 aromatic carbocycles. The van der Waals surface area contributed by atoms with E-state index in [1.54, 1.807) is 0 Å². The van der Waals surface area contributed by atoms with Crippen molar-refractivity contribution in [3.8, 4) is 0 Å². The molecule has 0 bridgehead atoms. The quantitative estimate of drug-likeness (QED) is 0.481. The predicted molar refractivity (Wildman–Crippen MR) is 70.2 cm³/mol. The van der Waals surface area contributed by atoms with Crippen LogP contribution < -0.4 is 0 Å². The van der Waals surface area contributed by atoms with Gasteiger partial charge in [0.1, 0.15) is 0 Å². The highest BCUT2D eigenvalue weighted by atomic mass is 32.1. The number of rotatable bonds is 4. The number of thiophene rings is 1. The van der Waals surface area contributed by atoms with Crippen molar-refractivity contribution in [3.05, 3.63) is 62.5 Å². The molecule has 92 valence electrons. The normalized spacial score (nSPS) is 10.3. The summed E-state index contributed by atoms with van der Waals surface area (Å²) in [5.41, 5.74) is 2.06. The molecule has 0 N–H and O–H groups in total. The zero-order valence-electron chi connectivity index (χ0n) is 9.75. The van der Waals surface area contributed by atoms with Crippen LogP contribution in [0.5, 0.6) is 0 Å².